The van der Waals surface area contributed by atoms with Crippen LogP contribution in [0.2, 0.25) is 0 Å². The Morgan fingerprint density at radius 3 is 2.21 bits per heavy atom. The number of benzene rings is 2. The van der Waals surface area contributed by atoms with Crippen LogP contribution in [0.25, 0.3) is 11.0 Å². The zero-order chi connectivity index (χ0) is 21.2. The van der Waals surface area contributed by atoms with Crippen molar-refractivity contribution >= 4 is 16.9 Å². The molecule has 0 aliphatic rings. The summed E-state index contributed by atoms with van der Waals surface area (Å²) in [6.07, 6.45) is -4.46. The van der Waals surface area contributed by atoms with Gasteiger partial charge in [-0.1, -0.05) is 30.3 Å². The maximum Gasteiger partial charge on any atom is 0.416 e. The second-order valence-corrected chi connectivity index (χ2v) is 6.82. The maximum absolute atomic E-state index is 13.2. The average molecular weight is 405 g/mol. The van der Waals surface area contributed by atoms with Crippen molar-refractivity contribution in [3.63, 3.8) is 0 Å². The number of amides is 1. The van der Waals surface area contributed by atoms with Crippen molar-refractivity contribution < 1.29 is 18.0 Å². The SMILES string of the molecule is CCn1c(=O)n(CCC(=O)N(C)Cc2ccccc2C(F)(F)F)c2ccccc21. The number of fused-ring (bicyclic) bond motifs is 1. The van der Waals surface area contributed by atoms with Crippen molar-refractivity contribution in [2.45, 2.75) is 39.2 Å². The maximum atomic E-state index is 13.2. The number of imidazole rings is 1. The Hall–Kier alpha value is -3.03. The van der Waals surface area contributed by atoms with E-state index in [9.17, 15) is 22.8 Å². The van der Waals surface area contributed by atoms with E-state index in [4.69, 9.17) is 0 Å². The number of carbonyl (C=O) groups excluding carboxylic acids is 1. The normalized spacial score (nSPS) is 11.8. The molecular weight excluding hydrogens is 383 g/mol. The molecule has 1 aromatic heterocycles. The zero-order valence-corrected chi connectivity index (χ0v) is 16.2. The van der Waals surface area contributed by atoms with Gasteiger partial charge in [-0.15, -0.1) is 0 Å². The van der Waals surface area contributed by atoms with Gasteiger partial charge in [0.25, 0.3) is 0 Å². The quantitative estimate of drug-likeness (QED) is 0.625. The van der Waals surface area contributed by atoms with Crippen molar-refractivity contribution in [3.8, 4) is 0 Å². The Labute approximate surface area is 166 Å². The van der Waals surface area contributed by atoms with Crippen molar-refractivity contribution in [3.05, 3.63) is 70.1 Å². The van der Waals surface area contributed by atoms with Crippen LogP contribution in [0.1, 0.15) is 24.5 Å². The van der Waals surface area contributed by atoms with Gasteiger partial charge in [0.05, 0.1) is 16.6 Å². The lowest BCUT2D eigenvalue weighted by Crippen LogP contribution is -2.30. The number of alkyl halides is 3. The molecule has 0 fully saturated rings. The number of hydrogen-bond acceptors (Lipinski definition) is 2. The fourth-order valence-electron chi connectivity index (χ4n) is 3.47. The van der Waals surface area contributed by atoms with Gasteiger partial charge in [-0.05, 0) is 30.7 Å². The van der Waals surface area contributed by atoms with Gasteiger partial charge < -0.3 is 4.90 Å². The molecule has 8 heteroatoms. The predicted octanol–water partition coefficient (Wildman–Crippen LogP) is 3.89. The molecule has 0 atom stereocenters. The number of rotatable bonds is 6. The van der Waals surface area contributed by atoms with Gasteiger partial charge in [0.2, 0.25) is 5.91 Å². The third kappa shape index (κ3) is 4.21. The van der Waals surface area contributed by atoms with E-state index in [0.29, 0.717) is 6.54 Å². The van der Waals surface area contributed by atoms with E-state index in [1.54, 1.807) is 4.57 Å². The Kier molecular flexibility index (Phi) is 5.81. The van der Waals surface area contributed by atoms with Crippen LogP contribution in [-0.4, -0.2) is 27.0 Å². The highest BCUT2D eigenvalue weighted by molar-refractivity contribution is 5.78. The van der Waals surface area contributed by atoms with Gasteiger partial charge in [-0.25, -0.2) is 4.79 Å². The first kappa shape index (κ1) is 20.7. The molecule has 1 heterocycles. The minimum absolute atomic E-state index is 0.0162. The average Bonchev–Trinajstić information content (AvgIpc) is 2.96. The minimum atomic E-state index is -4.48. The van der Waals surface area contributed by atoms with Gasteiger partial charge in [0.15, 0.2) is 0 Å². The molecule has 0 bridgehead atoms. The van der Waals surface area contributed by atoms with E-state index in [-0.39, 0.29) is 36.7 Å². The van der Waals surface area contributed by atoms with E-state index in [2.05, 4.69) is 0 Å². The Balaban J connectivity index is 1.75. The lowest BCUT2D eigenvalue weighted by molar-refractivity contribution is -0.139. The van der Waals surface area contributed by atoms with Crippen molar-refractivity contribution in [1.29, 1.82) is 0 Å². The number of halogens is 3. The summed E-state index contributed by atoms with van der Waals surface area (Å²) in [6.45, 7) is 2.39. The molecule has 0 unspecified atom stereocenters. The van der Waals surface area contributed by atoms with Gasteiger partial charge >= 0.3 is 11.9 Å². The first-order chi connectivity index (χ1) is 13.7. The van der Waals surface area contributed by atoms with E-state index >= 15 is 0 Å². The third-order valence-corrected chi connectivity index (χ3v) is 4.95. The molecule has 0 saturated carbocycles. The summed E-state index contributed by atoms with van der Waals surface area (Å²) in [5.41, 5.74) is 0.612. The lowest BCUT2D eigenvalue weighted by Gasteiger charge is -2.20. The smallest absolute Gasteiger partial charge is 0.341 e. The van der Waals surface area contributed by atoms with Crippen LogP contribution in [0.15, 0.2) is 53.3 Å². The van der Waals surface area contributed by atoms with E-state index < -0.39 is 11.7 Å². The summed E-state index contributed by atoms with van der Waals surface area (Å²) in [5.74, 6) is -0.331. The van der Waals surface area contributed by atoms with Gasteiger partial charge in [-0.3, -0.25) is 13.9 Å². The monoisotopic (exact) mass is 405 g/mol. The van der Waals surface area contributed by atoms with Crippen molar-refractivity contribution in [2.24, 2.45) is 0 Å². The molecule has 1 amide bonds. The lowest BCUT2D eigenvalue weighted by atomic mass is 10.1. The molecule has 29 heavy (non-hydrogen) atoms. The molecule has 2 aromatic carbocycles. The highest BCUT2D eigenvalue weighted by Crippen LogP contribution is 2.32. The van der Waals surface area contributed by atoms with Crippen LogP contribution in [0.3, 0.4) is 0 Å². The summed E-state index contributed by atoms with van der Waals surface area (Å²) in [5, 5.41) is 0. The molecule has 5 nitrogen and oxygen atoms in total. The van der Waals surface area contributed by atoms with Gasteiger partial charge in [0, 0.05) is 33.1 Å². The van der Waals surface area contributed by atoms with Crippen molar-refractivity contribution in [2.75, 3.05) is 7.05 Å². The number of nitrogens with zero attached hydrogens (tertiary/aromatic N) is 3. The molecule has 0 spiro atoms. The minimum Gasteiger partial charge on any atom is -0.341 e. The van der Waals surface area contributed by atoms with Crippen LogP contribution in [0, 0.1) is 0 Å². The summed E-state index contributed by atoms with van der Waals surface area (Å²) >= 11 is 0. The van der Waals surface area contributed by atoms with Gasteiger partial charge in [0.1, 0.15) is 0 Å². The summed E-state index contributed by atoms with van der Waals surface area (Å²) in [6, 6.07) is 12.5. The van der Waals surface area contributed by atoms with Crippen LogP contribution in [-0.2, 0) is 30.6 Å². The zero-order valence-electron chi connectivity index (χ0n) is 16.2. The third-order valence-electron chi connectivity index (χ3n) is 4.95. The fraction of sp³-hybridized carbons (Fsp3) is 0.333. The molecule has 154 valence electrons. The summed E-state index contributed by atoms with van der Waals surface area (Å²) < 4.78 is 42.6. The van der Waals surface area contributed by atoms with Gasteiger partial charge in [-0.2, -0.15) is 13.2 Å². The molecule has 3 aromatic rings. The molecule has 0 radical (unpaired) electrons. The first-order valence-electron chi connectivity index (χ1n) is 9.31. The Morgan fingerprint density at radius 2 is 1.59 bits per heavy atom. The van der Waals surface area contributed by atoms with Crippen molar-refractivity contribution in [1.82, 2.24) is 14.0 Å². The van der Waals surface area contributed by atoms with E-state index in [0.717, 1.165) is 17.1 Å². The molecular formula is C21H22F3N3O2. The van der Waals surface area contributed by atoms with E-state index in [1.165, 1.54) is 34.7 Å². The first-order valence-corrected chi connectivity index (χ1v) is 9.31. The largest absolute Gasteiger partial charge is 0.416 e. The molecule has 0 N–H and O–H groups in total. The number of aromatic nitrogens is 2. The van der Waals surface area contributed by atoms with Crippen LogP contribution in [0.5, 0.6) is 0 Å². The Morgan fingerprint density at radius 1 is 1.00 bits per heavy atom. The predicted molar refractivity (Wildman–Crippen MR) is 104 cm³/mol. The Bertz CT molecular complexity index is 1080. The second-order valence-electron chi connectivity index (χ2n) is 6.82. The number of carbonyl (C=O) groups is 1. The highest BCUT2D eigenvalue weighted by atomic mass is 19.4. The molecule has 3 rings (SSSR count). The molecule has 0 aliphatic carbocycles. The number of para-hydroxylation sites is 2. The van der Waals surface area contributed by atoms with E-state index in [1.807, 2.05) is 31.2 Å². The summed E-state index contributed by atoms with van der Waals surface area (Å²) in [7, 11) is 1.47. The summed E-state index contributed by atoms with van der Waals surface area (Å²) in [4.78, 5) is 26.4. The van der Waals surface area contributed by atoms with Crippen LogP contribution >= 0.6 is 0 Å². The standard InChI is InChI=1S/C21H22F3N3O2/c1-3-26-17-10-6-7-11-18(17)27(20(26)29)13-12-19(28)25(2)14-15-8-4-5-9-16(15)21(22,23)24/h4-11H,3,12-14H2,1-2H3. The molecule has 0 saturated heterocycles. The molecule has 0 aliphatic heterocycles. The second kappa shape index (κ2) is 8.14. The highest BCUT2D eigenvalue weighted by Gasteiger charge is 2.33. The number of aryl methyl sites for hydroxylation is 2. The fourth-order valence-corrected chi connectivity index (χ4v) is 3.47. The topological polar surface area (TPSA) is 47.2 Å². The van der Waals surface area contributed by atoms with Crippen LogP contribution in [0.4, 0.5) is 13.2 Å². The number of hydrogen-bond donors (Lipinski definition) is 0. The van der Waals surface area contributed by atoms with Crippen LogP contribution < -0.4 is 5.69 Å².